The third kappa shape index (κ3) is 3.97. The molecule has 0 atom stereocenters. The fourth-order valence-electron chi connectivity index (χ4n) is 2.43. The topological polar surface area (TPSA) is 82.7 Å². The molecule has 3 aromatic rings. The Balaban J connectivity index is 1.97. The highest BCUT2D eigenvalue weighted by Gasteiger charge is 2.07. The van der Waals surface area contributed by atoms with Gasteiger partial charge in [0.25, 0.3) is 0 Å². The van der Waals surface area contributed by atoms with Gasteiger partial charge in [0.1, 0.15) is 11.8 Å². The molecule has 0 spiro atoms. The molecule has 0 aliphatic carbocycles. The Bertz CT molecular complexity index is 1010. The summed E-state index contributed by atoms with van der Waals surface area (Å²) in [4.78, 5) is 11.4. The van der Waals surface area contributed by atoms with E-state index in [0.717, 1.165) is 22.6 Å². The van der Waals surface area contributed by atoms with Crippen LogP contribution in [0.4, 0.5) is 17.1 Å². The van der Waals surface area contributed by atoms with Crippen LogP contribution in [-0.4, -0.2) is 13.1 Å². The average Bonchev–Trinajstić information content (AvgIpc) is 2.70. The second-order valence-electron chi connectivity index (χ2n) is 5.25. The van der Waals surface area contributed by atoms with Crippen molar-refractivity contribution in [1.82, 2.24) is 0 Å². The minimum absolute atomic E-state index is 0.546. The van der Waals surface area contributed by atoms with Crippen molar-refractivity contribution in [3.8, 4) is 16.9 Å². The molecule has 0 aliphatic rings. The van der Waals surface area contributed by atoms with E-state index in [1.54, 1.807) is 13.2 Å². The molecule has 0 radical (unpaired) electrons. The van der Waals surface area contributed by atoms with Gasteiger partial charge in [-0.2, -0.15) is 9.98 Å². The second kappa shape index (κ2) is 8.31. The number of hydrogen-bond donors (Lipinski definition) is 0. The van der Waals surface area contributed by atoms with Crippen LogP contribution >= 0.6 is 0 Å². The van der Waals surface area contributed by atoms with Crippen LogP contribution in [0.5, 0.6) is 5.75 Å². The molecule has 0 N–H and O–H groups in total. The first kappa shape index (κ1) is 17.0. The van der Waals surface area contributed by atoms with Crippen LogP contribution in [0.3, 0.4) is 0 Å². The van der Waals surface area contributed by atoms with Crippen LogP contribution in [0.25, 0.3) is 21.6 Å². The molecule has 0 heterocycles. The highest BCUT2D eigenvalue weighted by Crippen LogP contribution is 2.36. The molecular weight excluding hydrogens is 326 g/mol. The van der Waals surface area contributed by atoms with Crippen molar-refractivity contribution in [1.29, 1.82) is 0 Å². The minimum atomic E-state index is 0.546. The van der Waals surface area contributed by atoms with Gasteiger partial charge in [-0.15, -0.1) is 0 Å². The maximum atomic E-state index is 8.76. The maximum absolute atomic E-state index is 8.76. The van der Waals surface area contributed by atoms with E-state index in [2.05, 4.69) is 26.0 Å². The van der Waals surface area contributed by atoms with Crippen molar-refractivity contribution in [2.45, 2.75) is 0 Å². The smallest absolute Gasteiger partial charge is 0.119 e. The monoisotopic (exact) mass is 341 g/mol. The maximum Gasteiger partial charge on any atom is 0.119 e. The van der Waals surface area contributed by atoms with E-state index in [1.807, 2.05) is 66.7 Å². The van der Waals surface area contributed by atoms with E-state index in [0.29, 0.717) is 11.4 Å². The summed E-state index contributed by atoms with van der Waals surface area (Å²) < 4.78 is 5.12. The third-order valence-corrected chi connectivity index (χ3v) is 3.67. The first-order valence-electron chi connectivity index (χ1n) is 7.86. The Labute approximate surface area is 150 Å². The lowest BCUT2D eigenvalue weighted by molar-refractivity contribution is 0.415. The zero-order chi connectivity index (χ0) is 18.2. The van der Waals surface area contributed by atoms with Crippen LogP contribution in [0.15, 0.2) is 87.9 Å². The van der Waals surface area contributed by atoms with Gasteiger partial charge in [0.05, 0.1) is 18.5 Å². The molecule has 0 saturated heterocycles. The number of azide groups is 1. The fraction of sp³-hybridized carbons (Fsp3) is 0.0500. The van der Waals surface area contributed by atoms with Gasteiger partial charge in [0, 0.05) is 16.2 Å². The highest BCUT2D eigenvalue weighted by molar-refractivity contribution is 5.84. The molecule has 0 amide bonds. The summed E-state index contributed by atoms with van der Waals surface area (Å²) >= 11 is 0. The third-order valence-electron chi connectivity index (χ3n) is 3.67. The van der Waals surface area contributed by atoms with E-state index in [-0.39, 0.29) is 0 Å². The minimum Gasteiger partial charge on any atom is -0.497 e. The molecule has 0 fully saturated rings. The van der Waals surface area contributed by atoms with E-state index in [4.69, 9.17) is 10.3 Å². The average molecular weight is 341 g/mol. The van der Waals surface area contributed by atoms with Gasteiger partial charge >= 0.3 is 0 Å². The number of nitrogens with zero attached hydrogens (tertiary/aromatic N) is 5. The standard InChI is InChI=1S/C20H15N5O/c1-26-16-12-10-15(11-13-16)22-14-23-19-8-4-2-6-17(19)18-7-3-5-9-20(18)24-25-21/h2-13H,1H3. The molecule has 6 heteroatoms. The fourth-order valence-corrected chi connectivity index (χ4v) is 2.43. The lowest BCUT2D eigenvalue weighted by Crippen LogP contribution is -1.80. The van der Waals surface area contributed by atoms with Crippen molar-refractivity contribution in [3.63, 3.8) is 0 Å². The van der Waals surface area contributed by atoms with E-state index in [1.165, 1.54) is 0 Å². The number of hydrogen-bond acceptors (Lipinski definition) is 4. The predicted molar refractivity (Wildman–Crippen MR) is 103 cm³/mol. The molecule has 0 aromatic heterocycles. The van der Waals surface area contributed by atoms with E-state index in [9.17, 15) is 0 Å². The molecular formula is C20H15N5O. The van der Waals surface area contributed by atoms with Gasteiger partial charge in [-0.3, -0.25) is 0 Å². The second-order valence-corrected chi connectivity index (χ2v) is 5.25. The quantitative estimate of drug-likeness (QED) is 0.227. The van der Waals surface area contributed by atoms with Gasteiger partial charge in [0.15, 0.2) is 0 Å². The van der Waals surface area contributed by atoms with E-state index < -0.39 is 0 Å². The van der Waals surface area contributed by atoms with Crippen molar-refractivity contribution in [3.05, 3.63) is 83.2 Å². The van der Waals surface area contributed by atoms with Crippen LogP contribution in [0.1, 0.15) is 0 Å². The molecule has 0 saturated carbocycles. The zero-order valence-corrected chi connectivity index (χ0v) is 14.1. The normalized spacial score (nSPS) is 9.58. The molecule has 0 aliphatic heterocycles. The number of para-hydroxylation sites is 1. The van der Waals surface area contributed by atoms with Gasteiger partial charge < -0.3 is 4.74 Å². The summed E-state index contributed by atoms with van der Waals surface area (Å²) in [7, 11) is 1.62. The number of benzene rings is 3. The number of rotatable bonds is 5. The van der Waals surface area contributed by atoms with Crippen molar-refractivity contribution >= 4 is 23.1 Å². The Hall–Kier alpha value is -3.85. The summed E-state index contributed by atoms with van der Waals surface area (Å²) in [6, 6.07) is 24.9. The summed E-state index contributed by atoms with van der Waals surface area (Å²) in [6.45, 7) is 0. The lowest BCUT2D eigenvalue weighted by Gasteiger charge is -2.07. The number of aliphatic imine (C=N–C) groups is 2. The first-order chi connectivity index (χ1) is 12.8. The van der Waals surface area contributed by atoms with Gasteiger partial charge in [-0.25, -0.2) is 0 Å². The first-order valence-corrected chi connectivity index (χ1v) is 7.86. The molecule has 26 heavy (non-hydrogen) atoms. The van der Waals surface area contributed by atoms with Crippen LogP contribution in [-0.2, 0) is 0 Å². The largest absolute Gasteiger partial charge is 0.497 e. The Kier molecular flexibility index (Phi) is 5.43. The van der Waals surface area contributed by atoms with Gasteiger partial charge in [-0.05, 0) is 41.4 Å². The Morgan fingerprint density at radius 2 is 1.42 bits per heavy atom. The number of ether oxygens (including phenoxy) is 1. The molecule has 6 nitrogen and oxygen atoms in total. The van der Waals surface area contributed by atoms with Crippen LogP contribution in [0.2, 0.25) is 0 Å². The summed E-state index contributed by atoms with van der Waals surface area (Å²) in [5, 5.41) is 3.75. The Morgan fingerprint density at radius 3 is 2.08 bits per heavy atom. The van der Waals surface area contributed by atoms with Crippen LogP contribution in [0, 0.1) is 0 Å². The van der Waals surface area contributed by atoms with E-state index >= 15 is 0 Å². The molecule has 0 unspecified atom stereocenters. The molecule has 0 bridgehead atoms. The summed E-state index contributed by atoms with van der Waals surface area (Å²) in [5.74, 6) is 0.765. The predicted octanol–water partition coefficient (Wildman–Crippen LogP) is 6.44. The molecule has 126 valence electrons. The van der Waals surface area contributed by atoms with Gasteiger partial charge in [0.2, 0.25) is 0 Å². The van der Waals surface area contributed by atoms with Crippen molar-refractivity contribution < 1.29 is 4.74 Å². The Morgan fingerprint density at radius 1 is 0.808 bits per heavy atom. The van der Waals surface area contributed by atoms with Crippen molar-refractivity contribution in [2.24, 2.45) is 15.1 Å². The highest BCUT2D eigenvalue weighted by atomic mass is 16.5. The molecule has 3 rings (SSSR count). The zero-order valence-electron chi connectivity index (χ0n) is 14.1. The lowest BCUT2D eigenvalue weighted by atomic mass is 10.0. The van der Waals surface area contributed by atoms with Crippen molar-refractivity contribution in [2.75, 3.05) is 7.11 Å². The SMILES string of the molecule is COc1ccc(N=C=Nc2ccccc2-c2ccccc2N=[N+]=[N-])cc1. The summed E-state index contributed by atoms with van der Waals surface area (Å²) in [6.07, 6.45) is 0. The molecule has 3 aromatic carbocycles. The van der Waals surface area contributed by atoms with Crippen LogP contribution < -0.4 is 4.74 Å². The summed E-state index contributed by atoms with van der Waals surface area (Å²) in [5.41, 5.74) is 12.4. The number of methoxy groups -OCH3 is 1. The van der Waals surface area contributed by atoms with Gasteiger partial charge in [-0.1, -0.05) is 47.6 Å².